The van der Waals surface area contributed by atoms with Gasteiger partial charge in [0.15, 0.2) is 0 Å². The van der Waals surface area contributed by atoms with Crippen molar-refractivity contribution in [2.24, 2.45) is 11.8 Å². The zero-order valence-corrected chi connectivity index (χ0v) is 30.2. The van der Waals surface area contributed by atoms with Crippen LogP contribution in [0.25, 0.3) is 10.8 Å². The standard InChI is InChI=1S/C32H38ClN7O8S2.CH4/c1-6-17-13-32(17,31(43)39-50(44,45)20-8-9-20)36-27(41)23-12-19(48-28-22-11-18(33)7-10-21(22)24(46-4)14-34-28)15-40(23)30(42)25(16(2)3)35-26-29(47-5)38-49-37-26;/h6-7,10-11,14,16-17,19-20,23,25H,1,8-9,12-13,15H2,2-5H3,(H,35,37)(H,36,41)(H,39,43);1H4/t17-,19-,23+,25?,32-;/m1./s1. The Morgan fingerprint density at radius 2 is 1.88 bits per heavy atom. The van der Waals surface area contributed by atoms with Gasteiger partial charge in [-0.05, 0) is 43.4 Å². The van der Waals surface area contributed by atoms with Crippen molar-refractivity contribution in [1.82, 2.24) is 28.7 Å². The van der Waals surface area contributed by atoms with Gasteiger partial charge in [-0.15, -0.1) is 11.0 Å². The number of carbonyl (C=O) groups excluding carboxylic acids is 3. The quantitative estimate of drug-likeness (QED) is 0.203. The third-order valence-corrected chi connectivity index (χ3v) is 11.8. The number of hydrogen-bond donors (Lipinski definition) is 3. The third-order valence-electron chi connectivity index (χ3n) is 9.25. The van der Waals surface area contributed by atoms with Gasteiger partial charge in [-0.25, -0.2) is 13.4 Å². The van der Waals surface area contributed by atoms with Crippen LogP contribution in [0.2, 0.25) is 5.02 Å². The molecular formula is C33H42ClN7O8S2. The molecule has 0 radical (unpaired) electrons. The summed E-state index contributed by atoms with van der Waals surface area (Å²) >= 11 is 7.24. The van der Waals surface area contributed by atoms with Crippen LogP contribution in [0, 0.1) is 11.8 Å². The van der Waals surface area contributed by atoms with Crippen LogP contribution in [-0.4, -0.2) is 94.5 Å². The molecule has 3 N–H and O–H groups in total. The van der Waals surface area contributed by atoms with Crippen molar-refractivity contribution in [2.45, 2.75) is 75.9 Å². The number of nitrogens with zero attached hydrogens (tertiary/aromatic N) is 4. The Morgan fingerprint density at radius 1 is 1.14 bits per heavy atom. The van der Waals surface area contributed by atoms with E-state index in [1.165, 1.54) is 31.4 Å². The van der Waals surface area contributed by atoms with Crippen molar-refractivity contribution in [3.8, 4) is 17.5 Å². The van der Waals surface area contributed by atoms with Gasteiger partial charge in [0, 0.05) is 28.1 Å². The molecule has 3 aliphatic rings. The zero-order valence-electron chi connectivity index (χ0n) is 27.8. The summed E-state index contributed by atoms with van der Waals surface area (Å²) in [5, 5.41) is 7.01. The third kappa shape index (κ3) is 7.55. The van der Waals surface area contributed by atoms with Gasteiger partial charge in [0.1, 0.15) is 29.5 Å². The van der Waals surface area contributed by atoms with E-state index in [4.69, 9.17) is 25.8 Å². The van der Waals surface area contributed by atoms with Crippen molar-refractivity contribution >= 4 is 67.7 Å². The molecule has 3 fully saturated rings. The molecule has 18 heteroatoms. The topological polar surface area (TPSA) is 191 Å². The summed E-state index contributed by atoms with van der Waals surface area (Å²) in [5.74, 6) is -1.44. The molecule has 276 valence electrons. The minimum atomic E-state index is -3.88. The molecule has 2 aromatic heterocycles. The first-order chi connectivity index (χ1) is 23.8. The van der Waals surface area contributed by atoms with Crippen LogP contribution in [-0.2, 0) is 24.4 Å². The van der Waals surface area contributed by atoms with Gasteiger partial charge in [-0.3, -0.25) is 19.1 Å². The van der Waals surface area contributed by atoms with Gasteiger partial charge in [0.05, 0.1) is 43.9 Å². The maximum absolute atomic E-state index is 14.4. The number of likely N-dealkylation sites (tertiary alicyclic amines) is 1. The van der Waals surface area contributed by atoms with E-state index in [1.807, 2.05) is 13.8 Å². The fourth-order valence-corrected chi connectivity index (χ4v) is 8.24. The Labute approximate surface area is 305 Å². The van der Waals surface area contributed by atoms with Gasteiger partial charge < -0.3 is 29.7 Å². The molecule has 5 atom stereocenters. The molecule has 1 aromatic carbocycles. The lowest BCUT2D eigenvalue weighted by Gasteiger charge is -2.31. The van der Waals surface area contributed by atoms with Crippen LogP contribution in [0.4, 0.5) is 5.82 Å². The smallest absolute Gasteiger partial charge is 0.270 e. The number of aromatic nitrogens is 3. The van der Waals surface area contributed by atoms with Gasteiger partial charge in [0.2, 0.25) is 33.5 Å². The number of anilines is 1. The average Bonchev–Trinajstić information content (AvgIpc) is 3.97. The number of methoxy groups -OCH3 is 2. The first-order valence-corrected chi connectivity index (χ1v) is 18.7. The second kappa shape index (κ2) is 14.8. The normalized spacial score (nSPS) is 23.2. The number of fused-ring (bicyclic) bond motifs is 1. The molecule has 1 saturated heterocycles. The highest BCUT2D eigenvalue weighted by Crippen LogP contribution is 2.45. The molecule has 6 rings (SSSR count). The molecule has 1 unspecified atom stereocenters. The molecule has 1 aliphatic heterocycles. The second-order valence-electron chi connectivity index (χ2n) is 13.0. The number of benzene rings is 1. The van der Waals surface area contributed by atoms with Crippen LogP contribution < -0.4 is 29.6 Å². The lowest BCUT2D eigenvalue weighted by molar-refractivity contribution is -0.140. The molecule has 2 saturated carbocycles. The minimum Gasteiger partial charge on any atom is -0.494 e. The summed E-state index contributed by atoms with van der Waals surface area (Å²) in [6.45, 7) is 7.45. The van der Waals surface area contributed by atoms with E-state index < -0.39 is 62.6 Å². The number of ether oxygens (including phenoxy) is 3. The summed E-state index contributed by atoms with van der Waals surface area (Å²) in [6.07, 6.45) is 3.43. The Bertz CT molecular complexity index is 1940. The van der Waals surface area contributed by atoms with E-state index in [1.54, 1.807) is 18.2 Å². The number of sulfonamides is 1. The van der Waals surface area contributed by atoms with E-state index >= 15 is 0 Å². The zero-order chi connectivity index (χ0) is 36.0. The molecular weight excluding hydrogens is 722 g/mol. The molecule has 15 nitrogen and oxygen atoms in total. The number of rotatable bonds is 14. The fourth-order valence-electron chi connectivity index (χ4n) is 6.22. The van der Waals surface area contributed by atoms with E-state index in [9.17, 15) is 22.8 Å². The molecule has 51 heavy (non-hydrogen) atoms. The number of pyridine rings is 1. The molecule has 3 amide bonds. The monoisotopic (exact) mass is 763 g/mol. The Balaban J connectivity index is 0.00000504. The molecule has 0 bridgehead atoms. The highest BCUT2D eigenvalue weighted by Gasteiger charge is 2.62. The minimum absolute atomic E-state index is 0. The number of carbonyl (C=O) groups is 3. The Kier molecular flexibility index (Phi) is 11.0. The molecule has 3 heterocycles. The fraction of sp³-hybridized carbons (Fsp3) is 0.515. The first kappa shape index (κ1) is 38.0. The van der Waals surface area contributed by atoms with Crippen molar-refractivity contribution in [2.75, 3.05) is 26.1 Å². The summed E-state index contributed by atoms with van der Waals surface area (Å²) < 4.78 is 52.9. The number of amides is 3. The predicted molar refractivity (Wildman–Crippen MR) is 193 cm³/mol. The van der Waals surface area contributed by atoms with Crippen molar-refractivity contribution < 1.29 is 37.0 Å². The number of nitrogens with one attached hydrogen (secondary N) is 3. The summed E-state index contributed by atoms with van der Waals surface area (Å²) in [7, 11) is -0.918. The van der Waals surface area contributed by atoms with Gasteiger partial charge in [0.25, 0.3) is 11.8 Å². The molecule has 3 aromatic rings. The van der Waals surface area contributed by atoms with Crippen molar-refractivity contribution in [3.63, 3.8) is 0 Å². The summed E-state index contributed by atoms with van der Waals surface area (Å²) in [6, 6.07) is 3.23. The van der Waals surface area contributed by atoms with Gasteiger partial charge in [-0.1, -0.05) is 39.0 Å². The Morgan fingerprint density at radius 3 is 2.51 bits per heavy atom. The predicted octanol–water partition coefficient (Wildman–Crippen LogP) is 3.55. The average molecular weight is 764 g/mol. The maximum atomic E-state index is 14.4. The van der Waals surface area contributed by atoms with Crippen LogP contribution in [0.1, 0.15) is 47.0 Å². The van der Waals surface area contributed by atoms with Crippen molar-refractivity contribution in [1.29, 1.82) is 0 Å². The maximum Gasteiger partial charge on any atom is 0.270 e. The van der Waals surface area contributed by atoms with Gasteiger partial charge >= 0.3 is 0 Å². The highest BCUT2D eigenvalue weighted by molar-refractivity contribution is 7.91. The van der Waals surface area contributed by atoms with E-state index in [0.717, 1.165) is 11.7 Å². The van der Waals surface area contributed by atoms with Gasteiger partial charge in [-0.2, -0.15) is 4.37 Å². The second-order valence-corrected chi connectivity index (χ2v) is 15.9. The number of halogens is 1. The Hall–Kier alpha value is -4.22. The van der Waals surface area contributed by atoms with Crippen LogP contribution in [0.5, 0.6) is 17.5 Å². The first-order valence-electron chi connectivity index (χ1n) is 16.0. The lowest BCUT2D eigenvalue weighted by Crippen LogP contribution is -2.58. The van der Waals surface area contributed by atoms with Crippen LogP contribution in [0.3, 0.4) is 0 Å². The lowest BCUT2D eigenvalue weighted by atomic mass is 10.0. The SMILES string of the molecule is C.C=C[C@@H]1C[C@]1(NC(=O)[C@@H]1C[C@@H](Oc2ncc(OC)c3ccc(Cl)cc23)CN1C(=O)C(Nc1nsnc1OC)C(C)C)C(=O)NS(=O)(=O)C1CC1. The number of hydrogen-bond acceptors (Lipinski definition) is 13. The summed E-state index contributed by atoms with van der Waals surface area (Å²) in [4.78, 5) is 47.9. The molecule has 0 spiro atoms. The van der Waals surface area contributed by atoms with Crippen LogP contribution >= 0.6 is 23.3 Å². The van der Waals surface area contributed by atoms with E-state index in [2.05, 4.69) is 35.7 Å². The highest BCUT2D eigenvalue weighted by atomic mass is 35.5. The largest absolute Gasteiger partial charge is 0.494 e. The summed E-state index contributed by atoms with van der Waals surface area (Å²) in [5.41, 5.74) is -1.53. The van der Waals surface area contributed by atoms with Crippen LogP contribution in [0.15, 0.2) is 37.1 Å². The van der Waals surface area contributed by atoms with Crippen molar-refractivity contribution in [3.05, 3.63) is 42.1 Å². The van der Waals surface area contributed by atoms with E-state index in [0.29, 0.717) is 34.4 Å². The van der Waals surface area contributed by atoms with E-state index in [-0.39, 0.29) is 50.3 Å². The molecule has 2 aliphatic carbocycles.